The molecule has 0 unspecified atom stereocenters. The van der Waals surface area contributed by atoms with Crippen LogP contribution in [0.5, 0.6) is 0 Å². The fourth-order valence-corrected chi connectivity index (χ4v) is 2.56. The number of rotatable bonds is 2. The molecular weight excluding hydrogens is 314 g/mol. The first-order chi connectivity index (χ1) is 9.66. The van der Waals surface area contributed by atoms with Crippen LogP contribution in [0.15, 0.2) is 53.1 Å². The lowest BCUT2D eigenvalue weighted by molar-refractivity contribution is 1.39. The molecule has 0 amide bonds. The lowest BCUT2D eigenvalue weighted by atomic mass is 10.1. The van der Waals surface area contributed by atoms with Gasteiger partial charge in [0.15, 0.2) is 0 Å². The standard InChI is InChI=1S/C16H14BrN3/c1-10-12(17)5-2-6-14(10)20-15-8-7-13(18)16-11(15)4-3-9-19-16/h2-9,20H,18H2,1H3. The molecule has 3 rings (SSSR count). The Hall–Kier alpha value is -2.07. The molecule has 0 radical (unpaired) electrons. The number of anilines is 3. The van der Waals surface area contributed by atoms with Gasteiger partial charge in [-0.05, 0) is 48.9 Å². The van der Waals surface area contributed by atoms with E-state index in [1.54, 1.807) is 6.20 Å². The average Bonchev–Trinajstić information content (AvgIpc) is 2.47. The van der Waals surface area contributed by atoms with Crippen molar-refractivity contribution in [2.75, 3.05) is 11.1 Å². The van der Waals surface area contributed by atoms with Gasteiger partial charge >= 0.3 is 0 Å². The van der Waals surface area contributed by atoms with Crippen LogP contribution in [0.3, 0.4) is 0 Å². The van der Waals surface area contributed by atoms with Crippen LogP contribution >= 0.6 is 15.9 Å². The molecule has 0 saturated heterocycles. The Morgan fingerprint density at radius 1 is 1.05 bits per heavy atom. The molecule has 20 heavy (non-hydrogen) atoms. The lowest BCUT2D eigenvalue weighted by Crippen LogP contribution is -1.97. The van der Waals surface area contributed by atoms with E-state index in [-0.39, 0.29) is 0 Å². The minimum Gasteiger partial charge on any atom is -0.397 e. The highest BCUT2D eigenvalue weighted by Crippen LogP contribution is 2.31. The van der Waals surface area contributed by atoms with Crippen molar-refractivity contribution in [3.05, 3.63) is 58.7 Å². The molecule has 0 spiro atoms. The summed E-state index contributed by atoms with van der Waals surface area (Å²) < 4.78 is 1.08. The number of nitrogens with one attached hydrogen (secondary N) is 1. The lowest BCUT2D eigenvalue weighted by Gasteiger charge is -2.13. The van der Waals surface area contributed by atoms with Crippen molar-refractivity contribution >= 4 is 43.9 Å². The highest BCUT2D eigenvalue weighted by Gasteiger charge is 2.07. The number of hydrogen-bond acceptors (Lipinski definition) is 3. The van der Waals surface area contributed by atoms with Crippen molar-refractivity contribution in [3.63, 3.8) is 0 Å². The first-order valence-electron chi connectivity index (χ1n) is 6.32. The molecule has 2 aromatic carbocycles. The fraction of sp³-hybridized carbons (Fsp3) is 0.0625. The van der Waals surface area contributed by atoms with Crippen LogP contribution in [-0.2, 0) is 0 Å². The van der Waals surface area contributed by atoms with E-state index in [0.29, 0.717) is 5.69 Å². The Kier molecular flexibility index (Phi) is 3.32. The summed E-state index contributed by atoms with van der Waals surface area (Å²) in [5.41, 5.74) is 10.7. The average molecular weight is 328 g/mol. The third kappa shape index (κ3) is 2.23. The summed E-state index contributed by atoms with van der Waals surface area (Å²) in [4.78, 5) is 4.35. The number of fused-ring (bicyclic) bond motifs is 1. The second-order valence-electron chi connectivity index (χ2n) is 4.64. The van der Waals surface area contributed by atoms with Crippen LogP contribution in [0.25, 0.3) is 10.9 Å². The highest BCUT2D eigenvalue weighted by atomic mass is 79.9. The second kappa shape index (κ2) is 5.13. The third-order valence-electron chi connectivity index (χ3n) is 3.34. The summed E-state index contributed by atoms with van der Waals surface area (Å²) in [5.74, 6) is 0. The topological polar surface area (TPSA) is 50.9 Å². The van der Waals surface area contributed by atoms with E-state index < -0.39 is 0 Å². The molecule has 0 fully saturated rings. The normalized spacial score (nSPS) is 10.7. The number of nitrogens with zero attached hydrogens (tertiary/aromatic N) is 1. The zero-order chi connectivity index (χ0) is 14.1. The number of pyridine rings is 1. The number of benzene rings is 2. The van der Waals surface area contributed by atoms with Gasteiger partial charge in [-0.3, -0.25) is 4.98 Å². The van der Waals surface area contributed by atoms with Gasteiger partial charge in [0, 0.05) is 27.4 Å². The SMILES string of the molecule is Cc1c(Br)cccc1Nc1ccc(N)c2ncccc12. The van der Waals surface area contributed by atoms with Crippen molar-refractivity contribution < 1.29 is 0 Å². The number of aromatic nitrogens is 1. The fourth-order valence-electron chi connectivity index (χ4n) is 2.19. The van der Waals surface area contributed by atoms with E-state index in [2.05, 4.69) is 39.2 Å². The maximum atomic E-state index is 5.97. The van der Waals surface area contributed by atoms with Crippen molar-refractivity contribution in [2.24, 2.45) is 0 Å². The van der Waals surface area contributed by atoms with E-state index in [9.17, 15) is 0 Å². The van der Waals surface area contributed by atoms with Crippen LogP contribution in [0.1, 0.15) is 5.56 Å². The molecule has 0 aliphatic carbocycles. The van der Waals surface area contributed by atoms with Crippen molar-refractivity contribution in [2.45, 2.75) is 6.92 Å². The van der Waals surface area contributed by atoms with E-state index in [4.69, 9.17) is 5.73 Å². The molecule has 0 saturated carbocycles. The molecule has 4 heteroatoms. The monoisotopic (exact) mass is 327 g/mol. The second-order valence-corrected chi connectivity index (χ2v) is 5.49. The highest BCUT2D eigenvalue weighted by molar-refractivity contribution is 9.10. The number of nitrogens with two attached hydrogens (primary N) is 1. The minimum absolute atomic E-state index is 0.692. The van der Waals surface area contributed by atoms with Crippen LogP contribution in [-0.4, -0.2) is 4.98 Å². The first-order valence-corrected chi connectivity index (χ1v) is 7.11. The summed E-state index contributed by atoms with van der Waals surface area (Å²) in [7, 11) is 0. The largest absolute Gasteiger partial charge is 0.397 e. The predicted octanol–water partition coefficient (Wildman–Crippen LogP) is 4.63. The molecule has 3 nitrogen and oxygen atoms in total. The summed E-state index contributed by atoms with van der Waals surface area (Å²) >= 11 is 3.55. The molecule has 0 aliphatic rings. The molecular formula is C16H14BrN3. The molecule has 0 bridgehead atoms. The Bertz CT molecular complexity index is 784. The maximum absolute atomic E-state index is 5.97. The summed E-state index contributed by atoms with van der Waals surface area (Å²) in [6.07, 6.45) is 1.76. The molecule has 100 valence electrons. The van der Waals surface area contributed by atoms with E-state index in [1.807, 2.05) is 36.4 Å². The molecule has 0 aliphatic heterocycles. The maximum Gasteiger partial charge on any atom is 0.0951 e. The van der Waals surface area contributed by atoms with Gasteiger partial charge < -0.3 is 11.1 Å². The molecule has 1 heterocycles. The Morgan fingerprint density at radius 2 is 1.90 bits per heavy atom. The van der Waals surface area contributed by atoms with E-state index >= 15 is 0 Å². The van der Waals surface area contributed by atoms with Gasteiger partial charge in [-0.25, -0.2) is 0 Å². The van der Waals surface area contributed by atoms with Gasteiger partial charge in [0.05, 0.1) is 11.2 Å². The molecule has 0 atom stereocenters. The quantitative estimate of drug-likeness (QED) is 0.674. The van der Waals surface area contributed by atoms with Crippen LogP contribution in [0.2, 0.25) is 0 Å². The van der Waals surface area contributed by atoms with Crippen molar-refractivity contribution in [1.82, 2.24) is 4.98 Å². The van der Waals surface area contributed by atoms with Gasteiger partial charge in [0.1, 0.15) is 0 Å². The molecule has 3 N–H and O–H groups in total. The van der Waals surface area contributed by atoms with Gasteiger partial charge in [0.25, 0.3) is 0 Å². The van der Waals surface area contributed by atoms with Gasteiger partial charge in [-0.15, -0.1) is 0 Å². The summed E-state index contributed by atoms with van der Waals surface area (Å²) in [5, 5.41) is 4.48. The predicted molar refractivity (Wildman–Crippen MR) is 88.3 cm³/mol. The van der Waals surface area contributed by atoms with Crippen LogP contribution < -0.4 is 11.1 Å². The number of halogens is 1. The first kappa shape index (κ1) is 12.9. The van der Waals surface area contributed by atoms with Gasteiger partial charge in [-0.1, -0.05) is 22.0 Å². The smallest absolute Gasteiger partial charge is 0.0951 e. The number of hydrogen-bond donors (Lipinski definition) is 2. The van der Waals surface area contributed by atoms with Crippen molar-refractivity contribution in [3.8, 4) is 0 Å². The van der Waals surface area contributed by atoms with Gasteiger partial charge in [0.2, 0.25) is 0 Å². The zero-order valence-electron chi connectivity index (χ0n) is 11.0. The van der Waals surface area contributed by atoms with Crippen LogP contribution in [0.4, 0.5) is 17.1 Å². The Labute approximate surface area is 126 Å². The Morgan fingerprint density at radius 3 is 2.75 bits per heavy atom. The minimum atomic E-state index is 0.692. The Balaban J connectivity index is 2.12. The zero-order valence-corrected chi connectivity index (χ0v) is 12.6. The van der Waals surface area contributed by atoms with E-state index in [1.165, 1.54) is 5.56 Å². The van der Waals surface area contributed by atoms with E-state index in [0.717, 1.165) is 26.8 Å². The third-order valence-corrected chi connectivity index (χ3v) is 4.20. The van der Waals surface area contributed by atoms with Gasteiger partial charge in [-0.2, -0.15) is 0 Å². The molecule has 1 aromatic heterocycles. The van der Waals surface area contributed by atoms with Crippen molar-refractivity contribution in [1.29, 1.82) is 0 Å². The van der Waals surface area contributed by atoms with Crippen LogP contribution in [0, 0.1) is 6.92 Å². The summed E-state index contributed by atoms with van der Waals surface area (Å²) in [6.45, 7) is 2.07. The number of nitrogen functional groups attached to an aromatic ring is 1. The molecule has 3 aromatic rings. The summed E-state index contributed by atoms with van der Waals surface area (Å²) in [6, 6.07) is 13.9.